The Balaban J connectivity index is 1.92. The number of aromatic nitrogens is 1. The molecule has 1 aliphatic rings. The minimum atomic E-state index is -0.253. The van der Waals surface area contributed by atoms with E-state index < -0.39 is 0 Å². The number of likely N-dealkylation sites (N-methyl/N-ethyl adjacent to an activating group) is 1. The molecule has 24 heavy (non-hydrogen) atoms. The van der Waals surface area contributed by atoms with Crippen LogP contribution in [-0.4, -0.2) is 58.9 Å². The van der Waals surface area contributed by atoms with Crippen LogP contribution in [0.4, 0.5) is 0 Å². The lowest BCUT2D eigenvalue weighted by Crippen LogP contribution is -2.35. The average molecular weight is 323 g/mol. The lowest BCUT2D eigenvalue weighted by Gasteiger charge is -2.16. The van der Waals surface area contributed by atoms with Crippen LogP contribution in [0.2, 0.25) is 0 Å². The quantitative estimate of drug-likeness (QED) is 0.724. The molecule has 2 N–H and O–H groups in total. The average Bonchev–Trinajstić information content (AvgIpc) is 3.00. The monoisotopic (exact) mass is 323 g/mol. The molecule has 4 rings (SSSR count). The molecule has 0 radical (unpaired) electrons. The highest BCUT2D eigenvalue weighted by Gasteiger charge is 2.37. The molecule has 2 aromatic carbocycles. The highest BCUT2D eigenvalue weighted by Crippen LogP contribution is 2.36. The fourth-order valence-corrected chi connectivity index (χ4v) is 3.26. The second-order valence-corrected chi connectivity index (χ2v) is 6.33. The number of H-pyrrole nitrogens is 1. The number of phenolic OH excluding ortho intramolecular Hbond substituents is 1. The number of fused-ring (bicyclic) bond motifs is 5. The van der Waals surface area contributed by atoms with Crippen LogP contribution in [0, 0.1) is 0 Å². The highest BCUT2D eigenvalue weighted by molar-refractivity contribution is 6.30. The van der Waals surface area contributed by atoms with Gasteiger partial charge in [-0.1, -0.05) is 0 Å². The van der Waals surface area contributed by atoms with E-state index in [4.69, 9.17) is 0 Å². The van der Waals surface area contributed by atoms with Crippen LogP contribution < -0.4 is 0 Å². The van der Waals surface area contributed by atoms with Crippen LogP contribution >= 0.6 is 0 Å². The molecule has 0 bridgehead atoms. The van der Waals surface area contributed by atoms with Crippen molar-refractivity contribution >= 4 is 33.6 Å². The van der Waals surface area contributed by atoms with E-state index in [0.29, 0.717) is 24.2 Å². The number of hydrogen-bond donors (Lipinski definition) is 2. The second-order valence-electron chi connectivity index (χ2n) is 6.33. The number of phenols is 1. The van der Waals surface area contributed by atoms with Crippen molar-refractivity contribution in [3.05, 3.63) is 41.5 Å². The molecule has 0 aliphatic carbocycles. The molecule has 0 fully saturated rings. The van der Waals surface area contributed by atoms with Crippen molar-refractivity contribution in [3.8, 4) is 5.75 Å². The third kappa shape index (κ3) is 2.00. The number of nitrogens with zero attached hydrogens (tertiary/aromatic N) is 2. The number of aromatic hydroxyl groups is 1. The van der Waals surface area contributed by atoms with Crippen molar-refractivity contribution < 1.29 is 14.7 Å². The third-order valence-corrected chi connectivity index (χ3v) is 4.45. The molecule has 0 atom stereocenters. The van der Waals surface area contributed by atoms with Crippen molar-refractivity contribution in [2.45, 2.75) is 0 Å². The van der Waals surface area contributed by atoms with Gasteiger partial charge in [0.05, 0.1) is 16.6 Å². The van der Waals surface area contributed by atoms with Gasteiger partial charge in [0.25, 0.3) is 11.8 Å². The van der Waals surface area contributed by atoms with Gasteiger partial charge in [0.2, 0.25) is 0 Å². The first-order valence-corrected chi connectivity index (χ1v) is 7.75. The molecule has 0 unspecified atom stereocenters. The summed E-state index contributed by atoms with van der Waals surface area (Å²) >= 11 is 0. The highest BCUT2D eigenvalue weighted by atomic mass is 16.3. The van der Waals surface area contributed by atoms with Crippen LogP contribution in [0.5, 0.6) is 5.75 Å². The number of imide groups is 1. The SMILES string of the molecule is CN(C)CCN1C(=O)c2ccc3[nH]c4cc(O)ccc4c3c2C1=O. The van der Waals surface area contributed by atoms with Crippen molar-refractivity contribution in [3.63, 3.8) is 0 Å². The maximum absolute atomic E-state index is 12.9. The van der Waals surface area contributed by atoms with E-state index in [1.54, 1.807) is 24.3 Å². The summed E-state index contributed by atoms with van der Waals surface area (Å²) in [5, 5.41) is 11.2. The summed E-state index contributed by atoms with van der Waals surface area (Å²) < 4.78 is 0. The minimum absolute atomic E-state index is 0.153. The molecule has 6 nitrogen and oxygen atoms in total. The first kappa shape index (κ1) is 14.7. The topological polar surface area (TPSA) is 76.6 Å². The predicted molar refractivity (Wildman–Crippen MR) is 91.4 cm³/mol. The zero-order valence-electron chi connectivity index (χ0n) is 13.5. The van der Waals surface area contributed by atoms with E-state index in [1.165, 1.54) is 4.90 Å². The fraction of sp³-hybridized carbons (Fsp3) is 0.222. The molecule has 1 aliphatic heterocycles. The number of carbonyl (C=O) groups is 2. The Morgan fingerprint density at radius 2 is 1.88 bits per heavy atom. The van der Waals surface area contributed by atoms with Gasteiger partial charge in [-0.05, 0) is 38.4 Å². The summed E-state index contributed by atoms with van der Waals surface area (Å²) in [6.45, 7) is 0.986. The van der Waals surface area contributed by atoms with Crippen molar-refractivity contribution in [2.75, 3.05) is 27.2 Å². The first-order chi connectivity index (χ1) is 11.5. The molecule has 2 amide bonds. The Morgan fingerprint density at radius 1 is 1.08 bits per heavy atom. The van der Waals surface area contributed by atoms with E-state index in [0.717, 1.165) is 21.8 Å². The third-order valence-electron chi connectivity index (χ3n) is 4.45. The zero-order chi connectivity index (χ0) is 17.0. The Morgan fingerprint density at radius 3 is 2.62 bits per heavy atom. The summed E-state index contributed by atoms with van der Waals surface area (Å²) in [5.41, 5.74) is 2.42. The van der Waals surface area contributed by atoms with Gasteiger partial charge in [0.15, 0.2) is 0 Å². The number of rotatable bonds is 3. The zero-order valence-corrected chi connectivity index (χ0v) is 13.5. The van der Waals surface area contributed by atoms with Gasteiger partial charge in [-0.2, -0.15) is 0 Å². The molecule has 3 aromatic rings. The molecule has 0 saturated heterocycles. The van der Waals surface area contributed by atoms with Crippen LogP contribution in [0.15, 0.2) is 30.3 Å². The van der Waals surface area contributed by atoms with Crippen molar-refractivity contribution in [2.24, 2.45) is 0 Å². The smallest absolute Gasteiger partial charge is 0.262 e. The van der Waals surface area contributed by atoms with Gasteiger partial charge in [0, 0.05) is 35.4 Å². The number of carbonyl (C=O) groups excluding carboxylic acids is 2. The van der Waals surface area contributed by atoms with E-state index in [1.807, 2.05) is 25.1 Å². The van der Waals surface area contributed by atoms with E-state index in [9.17, 15) is 14.7 Å². The molecular formula is C18H17N3O3. The maximum atomic E-state index is 12.9. The van der Waals surface area contributed by atoms with Gasteiger partial charge in [-0.15, -0.1) is 0 Å². The van der Waals surface area contributed by atoms with Crippen LogP contribution in [0.1, 0.15) is 20.7 Å². The minimum Gasteiger partial charge on any atom is -0.508 e. The molecule has 6 heteroatoms. The Kier molecular flexibility index (Phi) is 3.11. The van der Waals surface area contributed by atoms with Crippen molar-refractivity contribution in [1.29, 1.82) is 0 Å². The number of benzene rings is 2. The van der Waals surface area contributed by atoms with Gasteiger partial charge < -0.3 is 15.0 Å². The van der Waals surface area contributed by atoms with Gasteiger partial charge in [0.1, 0.15) is 5.75 Å². The maximum Gasteiger partial charge on any atom is 0.262 e. The van der Waals surface area contributed by atoms with E-state index in [2.05, 4.69) is 4.98 Å². The molecule has 1 aromatic heterocycles. The molecule has 122 valence electrons. The van der Waals surface area contributed by atoms with Crippen LogP contribution in [0.25, 0.3) is 21.8 Å². The van der Waals surface area contributed by atoms with Crippen LogP contribution in [-0.2, 0) is 0 Å². The number of nitrogens with one attached hydrogen (secondary N) is 1. The normalized spacial score (nSPS) is 14.4. The Bertz CT molecular complexity index is 1000. The summed E-state index contributed by atoms with van der Waals surface area (Å²) in [7, 11) is 3.81. The summed E-state index contributed by atoms with van der Waals surface area (Å²) in [6, 6.07) is 8.48. The molecule has 0 saturated carbocycles. The van der Waals surface area contributed by atoms with E-state index >= 15 is 0 Å². The largest absolute Gasteiger partial charge is 0.508 e. The Hall–Kier alpha value is -2.86. The summed E-state index contributed by atoms with van der Waals surface area (Å²) in [4.78, 5) is 31.9. The number of aromatic amines is 1. The lowest BCUT2D eigenvalue weighted by molar-refractivity contribution is 0.0645. The fourth-order valence-electron chi connectivity index (χ4n) is 3.26. The van der Waals surface area contributed by atoms with Crippen molar-refractivity contribution in [1.82, 2.24) is 14.8 Å². The number of hydrogen-bond acceptors (Lipinski definition) is 4. The molecular weight excluding hydrogens is 306 g/mol. The standard InChI is InChI=1S/C18H17N3O3/c1-20(2)7-8-21-17(23)12-5-6-13-15(16(12)18(21)24)11-4-3-10(22)9-14(11)19-13/h3-6,9,19,22H,7-8H2,1-2H3. The van der Waals surface area contributed by atoms with Gasteiger partial charge >= 0.3 is 0 Å². The molecule has 2 heterocycles. The van der Waals surface area contributed by atoms with Crippen LogP contribution in [0.3, 0.4) is 0 Å². The van der Waals surface area contributed by atoms with Gasteiger partial charge in [-0.25, -0.2) is 0 Å². The van der Waals surface area contributed by atoms with Gasteiger partial charge in [-0.3, -0.25) is 14.5 Å². The Labute approximate surface area is 138 Å². The predicted octanol–water partition coefficient (Wildman–Crippen LogP) is 2.18. The summed E-state index contributed by atoms with van der Waals surface area (Å²) in [6.07, 6.45) is 0. The lowest BCUT2D eigenvalue weighted by atomic mass is 10.0. The molecule has 0 spiro atoms. The van der Waals surface area contributed by atoms with E-state index in [-0.39, 0.29) is 17.6 Å². The summed E-state index contributed by atoms with van der Waals surface area (Å²) in [5.74, 6) is -0.344. The number of amides is 2. The second kappa shape index (κ2) is 5.07. The first-order valence-electron chi connectivity index (χ1n) is 7.75.